The summed E-state index contributed by atoms with van der Waals surface area (Å²) in [5, 5.41) is 3.27. The molecule has 0 aliphatic carbocycles. The van der Waals surface area contributed by atoms with Gasteiger partial charge in [-0.1, -0.05) is 29.6 Å². The highest BCUT2D eigenvalue weighted by molar-refractivity contribution is 6.26. The molecule has 1 N–H and O–H groups in total. The molecule has 0 saturated carbocycles. The molecule has 2 rings (SSSR count). The van der Waals surface area contributed by atoms with E-state index in [1.807, 2.05) is 0 Å². The molecule has 2 nitrogen and oxygen atoms in total. The first-order valence-corrected chi connectivity index (χ1v) is 6.12. The Morgan fingerprint density at radius 3 is 1.92 bits per heavy atom. The van der Waals surface area contributed by atoms with Gasteiger partial charge < -0.3 is 10.2 Å². The van der Waals surface area contributed by atoms with Crippen LogP contribution in [0.3, 0.4) is 0 Å². The van der Waals surface area contributed by atoms with Crippen LogP contribution in [0.2, 0.25) is 0 Å². The summed E-state index contributed by atoms with van der Waals surface area (Å²) in [6.45, 7) is 4.74. The van der Waals surface area contributed by atoms with E-state index in [-0.39, 0.29) is 0 Å². The highest BCUT2D eigenvalue weighted by atomic mass is 28.2. The molecule has 0 unspecified atom stereocenters. The lowest BCUT2D eigenvalue weighted by Crippen LogP contribution is -2.40. The third kappa shape index (κ3) is 5.68. The number of hydrogen-bond donors (Lipinski definition) is 1. The van der Waals surface area contributed by atoms with Crippen molar-refractivity contribution in [2.24, 2.45) is 0 Å². The van der Waals surface area contributed by atoms with E-state index in [4.69, 9.17) is 0 Å². The monoisotopic (exact) mass is 194 g/mol. The summed E-state index contributed by atoms with van der Waals surface area (Å²) in [4.78, 5) is 2.33. The molecule has 1 saturated heterocycles. The fourth-order valence-electron chi connectivity index (χ4n) is 1.16. The largest absolute Gasteiger partial charge is 0.314 e. The van der Waals surface area contributed by atoms with Crippen molar-refractivity contribution < 1.29 is 0 Å². The molecule has 0 atom stereocenters. The van der Waals surface area contributed by atoms with Crippen molar-refractivity contribution in [1.82, 2.24) is 10.2 Å². The maximum Gasteiger partial charge on any atom is 0.0198 e. The second-order valence-electron chi connectivity index (χ2n) is 3.21. The summed E-state index contributed by atoms with van der Waals surface area (Å²) in [6.07, 6.45) is 0. The van der Waals surface area contributed by atoms with Gasteiger partial charge in [0.25, 0.3) is 0 Å². The Morgan fingerprint density at radius 2 is 1.69 bits per heavy atom. The van der Waals surface area contributed by atoms with Crippen LogP contribution in [0.4, 0.5) is 0 Å². The van der Waals surface area contributed by atoms with Gasteiger partial charge in [0.1, 0.15) is 0 Å². The number of likely N-dealkylation sites (N-methyl/N-ethyl adjacent to an activating group) is 1. The van der Waals surface area contributed by atoms with Crippen LogP contribution in [0.15, 0.2) is 29.6 Å². The van der Waals surface area contributed by atoms with Gasteiger partial charge in [-0.25, -0.2) is 0 Å². The van der Waals surface area contributed by atoms with Crippen LogP contribution in [-0.2, 0) is 0 Å². The molecule has 1 aromatic heterocycles. The topological polar surface area (TPSA) is 15.3 Å². The maximum atomic E-state index is 3.27. The van der Waals surface area contributed by atoms with Gasteiger partial charge in [0.2, 0.25) is 0 Å². The summed E-state index contributed by atoms with van der Waals surface area (Å²) < 4.78 is 0. The lowest BCUT2D eigenvalue weighted by molar-refractivity contribution is 0.291. The van der Waals surface area contributed by atoms with Crippen molar-refractivity contribution in [3.8, 4) is 0 Å². The Labute approximate surface area is 82.7 Å². The molecule has 0 radical (unpaired) electrons. The van der Waals surface area contributed by atoms with E-state index in [2.05, 4.69) is 46.8 Å². The smallest absolute Gasteiger partial charge is 0.0198 e. The summed E-state index contributed by atoms with van der Waals surface area (Å²) in [7, 11) is 2.67. The molecule has 0 bridgehead atoms. The molecular formula is C10H18N2Si. The van der Waals surface area contributed by atoms with Crippen molar-refractivity contribution in [3.05, 3.63) is 29.6 Å². The fourth-order valence-corrected chi connectivity index (χ4v) is 1.80. The predicted octanol–water partition coefficient (Wildman–Crippen LogP) is 0.278. The van der Waals surface area contributed by atoms with E-state index in [0.717, 1.165) is 13.1 Å². The third-order valence-corrected chi connectivity index (χ3v) is 2.90. The Hall–Kier alpha value is -0.513. The Bertz CT molecular complexity index is 171. The molecule has 0 aromatic carbocycles. The summed E-state index contributed by atoms with van der Waals surface area (Å²) in [5.41, 5.74) is 4.42. The van der Waals surface area contributed by atoms with Gasteiger partial charge in [0.15, 0.2) is 0 Å². The van der Waals surface area contributed by atoms with Gasteiger partial charge in [-0.15, -0.1) is 0 Å². The molecule has 2 heterocycles. The molecule has 3 heteroatoms. The molecule has 1 aliphatic rings. The standard InChI is InChI=1S/C5H12N2.C5H6Si/c1-7-4-2-6-3-5-7;1-2-4-6-5-3-1/h6H,2-5H2,1H3;1-6H. The number of piperazine rings is 1. The van der Waals surface area contributed by atoms with E-state index in [1.54, 1.807) is 0 Å². The molecule has 0 amide bonds. The van der Waals surface area contributed by atoms with Crippen molar-refractivity contribution in [2.75, 3.05) is 33.2 Å². The molecular weight excluding hydrogens is 176 g/mol. The van der Waals surface area contributed by atoms with Crippen LogP contribution in [-0.4, -0.2) is 47.2 Å². The van der Waals surface area contributed by atoms with E-state index in [0.29, 0.717) is 9.12 Å². The van der Waals surface area contributed by atoms with Gasteiger partial charge in [0.05, 0.1) is 0 Å². The zero-order chi connectivity index (χ0) is 9.36. The van der Waals surface area contributed by atoms with Crippen LogP contribution in [0.5, 0.6) is 0 Å². The maximum absolute atomic E-state index is 3.27. The van der Waals surface area contributed by atoms with Gasteiger partial charge in [0, 0.05) is 35.3 Å². The van der Waals surface area contributed by atoms with Gasteiger partial charge in [-0.05, 0) is 7.05 Å². The average Bonchev–Trinajstić information content (AvgIpc) is 2.22. The van der Waals surface area contributed by atoms with Gasteiger partial charge in [-0.3, -0.25) is 0 Å². The summed E-state index contributed by atoms with van der Waals surface area (Å²) in [5.74, 6) is 0. The lowest BCUT2D eigenvalue weighted by atomic mass is 10.4. The Balaban J connectivity index is 0.000000132. The summed E-state index contributed by atoms with van der Waals surface area (Å²) in [6, 6.07) is 6.24. The first-order valence-electron chi connectivity index (χ1n) is 4.79. The van der Waals surface area contributed by atoms with Crippen LogP contribution in [0, 0.1) is 0 Å². The predicted molar refractivity (Wildman–Crippen MR) is 59.6 cm³/mol. The highest BCUT2D eigenvalue weighted by Crippen LogP contribution is 1.83. The lowest BCUT2D eigenvalue weighted by Gasteiger charge is -2.21. The van der Waals surface area contributed by atoms with E-state index in [1.165, 1.54) is 13.1 Å². The first kappa shape index (κ1) is 10.6. The van der Waals surface area contributed by atoms with Crippen LogP contribution in [0.1, 0.15) is 0 Å². The van der Waals surface area contributed by atoms with Crippen LogP contribution < -0.4 is 5.32 Å². The summed E-state index contributed by atoms with van der Waals surface area (Å²) >= 11 is 0. The Morgan fingerprint density at radius 1 is 1.08 bits per heavy atom. The molecule has 0 spiro atoms. The second-order valence-corrected chi connectivity index (χ2v) is 4.36. The van der Waals surface area contributed by atoms with Crippen molar-refractivity contribution in [2.45, 2.75) is 0 Å². The second kappa shape index (κ2) is 6.94. The minimum atomic E-state index is 0.513. The van der Waals surface area contributed by atoms with Crippen molar-refractivity contribution in [3.63, 3.8) is 0 Å². The zero-order valence-electron chi connectivity index (χ0n) is 8.24. The number of hydrogen-bond acceptors (Lipinski definition) is 2. The average molecular weight is 194 g/mol. The molecule has 13 heavy (non-hydrogen) atoms. The molecule has 1 fully saturated rings. The van der Waals surface area contributed by atoms with Gasteiger partial charge >= 0.3 is 0 Å². The molecule has 72 valence electrons. The number of rotatable bonds is 0. The van der Waals surface area contributed by atoms with Crippen LogP contribution >= 0.6 is 0 Å². The molecule has 1 aromatic rings. The van der Waals surface area contributed by atoms with Crippen molar-refractivity contribution >= 4 is 9.12 Å². The minimum absolute atomic E-state index is 0.513. The quantitative estimate of drug-likeness (QED) is 0.597. The third-order valence-electron chi connectivity index (χ3n) is 2.01. The first-order chi connectivity index (χ1) is 6.39. The highest BCUT2D eigenvalue weighted by Gasteiger charge is 2.01. The Kier molecular flexibility index (Phi) is 5.65. The normalized spacial score (nSPS) is 17.3. The SMILES string of the molecule is CN1CCNCC1.c1cc[siH]cc1. The van der Waals surface area contributed by atoms with E-state index in [9.17, 15) is 0 Å². The van der Waals surface area contributed by atoms with Gasteiger partial charge in [-0.2, -0.15) is 0 Å². The number of nitrogens with one attached hydrogen (secondary N) is 1. The van der Waals surface area contributed by atoms with E-state index < -0.39 is 0 Å². The number of nitrogens with zero attached hydrogens (tertiary/aromatic N) is 1. The molecule has 1 aliphatic heterocycles. The fraction of sp³-hybridized carbons (Fsp3) is 0.500. The zero-order valence-corrected chi connectivity index (χ0v) is 9.39. The van der Waals surface area contributed by atoms with E-state index >= 15 is 0 Å². The minimum Gasteiger partial charge on any atom is -0.314 e. The van der Waals surface area contributed by atoms with Crippen molar-refractivity contribution in [1.29, 1.82) is 0 Å². The van der Waals surface area contributed by atoms with Crippen LogP contribution in [0.25, 0.3) is 0 Å².